The molecule has 2 aromatic rings. The van der Waals surface area contributed by atoms with Gasteiger partial charge in [-0.2, -0.15) is 0 Å². The number of fused-ring (bicyclic) bond motifs is 1. The monoisotopic (exact) mass is 310 g/mol. The van der Waals surface area contributed by atoms with Crippen LogP contribution in [0.4, 0.5) is 10.5 Å². The van der Waals surface area contributed by atoms with Gasteiger partial charge in [0.25, 0.3) is 0 Å². The highest BCUT2D eigenvalue weighted by Crippen LogP contribution is 2.38. The van der Waals surface area contributed by atoms with Gasteiger partial charge in [0.15, 0.2) is 0 Å². The van der Waals surface area contributed by atoms with Crippen molar-refractivity contribution in [2.45, 2.75) is 32.9 Å². The van der Waals surface area contributed by atoms with Crippen LogP contribution in [0, 0.1) is 6.92 Å². The zero-order valence-corrected chi connectivity index (χ0v) is 14.0. The maximum atomic E-state index is 12.6. The number of urea groups is 1. The molecule has 23 heavy (non-hydrogen) atoms. The molecule has 0 fully saturated rings. The predicted octanol–water partition coefficient (Wildman–Crippen LogP) is 4.03. The highest BCUT2D eigenvalue weighted by Gasteiger charge is 2.33. The van der Waals surface area contributed by atoms with Crippen molar-refractivity contribution in [2.75, 3.05) is 12.0 Å². The van der Waals surface area contributed by atoms with E-state index in [1.165, 1.54) is 5.56 Å². The van der Waals surface area contributed by atoms with Crippen LogP contribution in [-0.2, 0) is 0 Å². The Balaban J connectivity index is 2.16. The standard InChI is InChI=1S/C19H22N2O2/c1-12(2)21-17-9-8-15(23-4)11-16(17)18(20-19(21)22)14-7-5-6-13(3)10-14/h5-12,18H,1-4H3,(H,20,22). The summed E-state index contributed by atoms with van der Waals surface area (Å²) in [4.78, 5) is 14.4. The fraction of sp³-hybridized carbons (Fsp3) is 0.316. The average molecular weight is 310 g/mol. The van der Waals surface area contributed by atoms with Gasteiger partial charge in [0, 0.05) is 11.6 Å². The Kier molecular flexibility index (Phi) is 3.99. The summed E-state index contributed by atoms with van der Waals surface area (Å²) in [6, 6.07) is 14.0. The highest BCUT2D eigenvalue weighted by molar-refractivity contribution is 5.96. The second-order valence-electron chi connectivity index (χ2n) is 6.19. The van der Waals surface area contributed by atoms with Crippen LogP contribution in [0.1, 0.15) is 36.6 Å². The molecule has 0 aliphatic carbocycles. The van der Waals surface area contributed by atoms with Crippen LogP contribution in [-0.4, -0.2) is 19.2 Å². The van der Waals surface area contributed by atoms with Crippen molar-refractivity contribution in [3.8, 4) is 5.75 Å². The van der Waals surface area contributed by atoms with Gasteiger partial charge in [-0.3, -0.25) is 4.90 Å². The Morgan fingerprint density at radius 3 is 2.61 bits per heavy atom. The lowest BCUT2D eigenvalue weighted by atomic mass is 9.93. The molecule has 4 heteroatoms. The molecule has 1 heterocycles. The van der Waals surface area contributed by atoms with Crippen LogP contribution in [0.25, 0.3) is 0 Å². The maximum Gasteiger partial charge on any atom is 0.322 e. The molecule has 1 aliphatic rings. The quantitative estimate of drug-likeness (QED) is 0.930. The summed E-state index contributed by atoms with van der Waals surface area (Å²) in [5.74, 6) is 0.793. The molecule has 1 aliphatic heterocycles. The Morgan fingerprint density at radius 2 is 1.96 bits per heavy atom. The summed E-state index contributed by atoms with van der Waals surface area (Å²) in [7, 11) is 1.66. The van der Waals surface area contributed by atoms with E-state index in [1.54, 1.807) is 12.0 Å². The summed E-state index contributed by atoms with van der Waals surface area (Å²) in [6.07, 6.45) is 0. The molecule has 0 saturated carbocycles. The molecule has 1 unspecified atom stereocenters. The topological polar surface area (TPSA) is 41.6 Å². The van der Waals surface area contributed by atoms with Gasteiger partial charge in [-0.05, 0) is 44.5 Å². The summed E-state index contributed by atoms with van der Waals surface area (Å²) in [5.41, 5.74) is 4.25. The molecule has 2 aromatic carbocycles. The number of ether oxygens (including phenoxy) is 1. The van der Waals surface area contributed by atoms with Crippen molar-refractivity contribution in [1.82, 2.24) is 5.32 Å². The van der Waals surface area contributed by atoms with Crippen LogP contribution < -0.4 is 15.0 Å². The maximum absolute atomic E-state index is 12.6. The van der Waals surface area contributed by atoms with Gasteiger partial charge in [0.2, 0.25) is 0 Å². The van der Waals surface area contributed by atoms with E-state index in [0.29, 0.717) is 0 Å². The molecule has 0 radical (unpaired) electrons. The molecule has 120 valence electrons. The number of methoxy groups -OCH3 is 1. The molecule has 0 spiro atoms. The number of benzene rings is 2. The molecule has 0 bridgehead atoms. The van der Waals surface area contributed by atoms with Crippen LogP contribution in [0.2, 0.25) is 0 Å². The molecule has 4 nitrogen and oxygen atoms in total. The Morgan fingerprint density at radius 1 is 1.17 bits per heavy atom. The van der Waals surface area contributed by atoms with Crippen LogP contribution in [0.3, 0.4) is 0 Å². The summed E-state index contributed by atoms with van der Waals surface area (Å²) < 4.78 is 5.38. The van der Waals surface area contributed by atoms with Gasteiger partial charge in [-0.1, -0.05) is 29.8 Å². The largest absolute Gasteiger partial charge is 0.497 e. The van der Waals surface area contributed by atoms with Crippen LogP contribution in [0.5, 0.6) is 5.75 Å². The van der Waals surface area contributed by atoms with Crippen molar-refractivity contribution in [3.63, 3.8) is 0 Å². The lowest BCUT2D eigenvalue weighted by molar-refractivity contribution is 0.241. The lowest BCUT2D eigenvalue weighted by Gasteiger charge is -2.37. The second-order valence-corrected chi connectivity index (χ2v) is 6.19. The van der Waals surface area contributed by atoms with Gasteiger partial charge in [-0.25, -0.2) is 4.79 Å². The zero-order valence-electron chi connectivity index (χ0n) is 14.0. The first-order valence-corrected chi connectivity index (χ1v) is 7.85. The number of carbonyl (C=O) groups excluding carboxylic acids is 1. The minimum Gasteiger partial charge on any atom is -0.497 e. The van der Waals surface area contributed by atoms with Crippen molar-refractivity contribution in [3.05, 3.63) is 59.2 Å². The molecule has 3 rings (SSSR count). The van der Waals surface area contributed by atoms with Gasteiger partial charge < -0.3 is 10.1 Å². The number of hydrogen-bond acceptors (Lipinski definition) is 2. The van der Waals surface area contributed by atoms with Crippen LogP contribution >= 0.6 is 0 Å². The first kappa shape index (κ1) is 15.4. The van der Waals surface area contributed by atoms with E-state index in [9.17, 15) is 4.79 Å². The van der Waals surface area contributed by atoms with Gasteiger partial charge in [0.05, 0.1) is 18.8 Å². The van der Waals surface area contributed by atoms with Crippen molar-refractivity contribution in [1.29, 1.82) is 0 Å². The third-order valence-corrected chi connectivity index (χ3v) is 4.18. The van der Waals surface area contributed by atoms with Crippen LogP contribution in [0.15, 0.2) is 42.5 Å². The fourth-order valence-corrected chi connectivity index (χ4v) is 3.12. The molecule has 1 N–H and O–H groups in total. The van der Waals surface area contributed by atoms with Crippen molar-refractivity contribution in [2.24, 2.45) is 0 Å². The highest BCUT2D eigenvalue weighted by atomic mass is 16.5. The second kappa shape index (κ2) is 5.95. The first-order chi connectivity index (χ1) is 11.0. The Hall–Kier alpha value is -2.49. The van der Waals surface area contributed by atoms with E-state index in [4.69, 9.17) is 4.74 Å². The number of rotatable bonds is 3. The molecule has 2 amide bonds. The van der Waals surface area contributed by atoms with E-state index >= 15 is 0 Å². The number of anilines is 1. The summed E-state index contributed by atoms with van der Waals surface area (Å²) in [6.45, 7) is 6.09. The SMILES string of the molecule is COc1ccc2c(c1)C(c1cccc(C)c1)NC(=O)N2C(C)C. The van der Waals surface area contributed by atoms with E-state index in [2.05, 4.69) is 24.4 Å². The van der Waals surface area contributed by atoms with Gasteiger partial charge >= 0.3 is 6.03 Å². The van der Waals surface area contributed by atoms with Crippen molar-refractivity contribution >= 4 is 11.7 Å². The third-order valence-electron chi connectivity index (χ3n) is 4.18. The first-order valence-electron chi connectivity index (χ1n) is 7.85. The minimum absolute atomic E-state index is 0.0656. The molecule has 0 saturated heterocycles. The number of carbonyl (C=O) groups is 1. The summed E-state index contributed by atoms with van der Waals surface area (Å²) >= 11 is 0. The molecule has 0 aromatic heterocycles. The Labute approximate surface area is 137 Å². The zero-order chi connectivity index (χ0) is 16.6. The normalized spacial score (nSPS) is 17.0. The van der Waals surface area contributed by atoms with Gasteiger partial charge in [-0.15, -0.1) is 0 Å². The number of nitrogens with zero attached hydrogens (tertiary/aromatic N) is 1. The smallest absolute Gasteiger partial charge is 0.322 e. The summed E-state index contributed by atoms with van der Waals surface area (Å²) in [5, 5.41) is 3.13. The third kappa shape index (κ3) is 2.77. The fourth-order valence-electron chi connectivity index (χ4n) is 3.12. The Bertz CT molecular complexity index is 740. The molecular formula is C19H22N2O2. The van der Waals surface area contributed by atoms with E-state index in [0.717, 1.165) is 22.6 Å². The molecular weight excluding hydrogens is 288 g/mol. The number of nitrogens with one attached hydrogen (secondary N) is 1. The van der Waals surface area contributed by atoms with E-state index < -0.39 is 0 Å². The number of hydrogen-bond donors (Lipinski definition) is 1. The lowest BCUT2D eigenvalue weighted by Crippen LogP contribution is -2.50. The number of aryl methyl sites for hydroxylation is 1. The molecule has 1 atom stereocenters. The number of amides is 2. The van der Waals surface area contributed by atoms with E-state index in [1.807, 2.05) is 44.2 Å². The predicted molar refractivity (Wildman–Crippen MR) is 92.2 cm³/mol. The average Bonchev–Trinajstić information content (AvgIpc) is 2.53. The van der Waals surface area contributed by atoms with Crippen molar-refractivity contribution < 1.29 is 9.53 Å². The van der Waals surface area contributed by atoms with Gasteiger partial charge in [0.1, 0.15) is 5.75 Å². The minimum atomic E-state index is -0.164. The van der Waals surface area contributed by atoms with E-state index in [-0.39, 0.29) is 18.1 Å².